The van der Waals surface area contributed by atoms with Gasteiger partial charge in [0.05, 0.1) is 4.88 Å². The van der Waals surface area contributed by atoms with Gasteiger partial charge >= 0.3 is 0 Å². The predicted molar refractivity (Wildman–Crippen MR) is 103 cm³/mol. The summed E-state index contributed by atoms with van der Waals surface area (Å²) < 4.78 is 0. The van der Waals surface area contributed by atoms with Crippen LogP contribution >= 0.6 is 11.3 Å². The van der Waals surface area contributed by atoms with Crippen molar-refractivity contribution in [2.24, 2.45) is 5.92 Å². The molecule has 4 nitrogen and oxygen atoms in total. The molecule has 1 amide bonds. The van der Waals surface area contributed by atoms with Crippen LogP contribution in [0.3, 0.4) is 0 Å². The van der Waals surface area contributed by atoms with Crippen LogP contribution < -0.4 is 5.32 Å². The van der Waals surface area contributed by atoms with Crippen molar-refractivity contribution < 1.29 is 14.4 Å². The molecule has 1 atom stereocenters. The molecular weight excluding hydrogens is 334 g/mol. The van der Waals surface area contributed by atoms with Crippen LogP contribution in [0.4, 0.5) is 0 Å². The molecule has 0 saturated heterocycles. The number of carbonyl (C=O) groups excluding carboxylic acids is 3. The van der Waals surface area contributed by atoms with Crippen LogP contribution in [-0.4, -0.2) is 23.5 Å². The number of nitrogens with one attached hydrogen (secondary N) is 1. The number of rotatable bonds is 12. The van der Waals surface area contributed by atoms with Crippen molar-refractivity contribution in [2.45, 2.75) is 78.7 Å². The first-order chi connectivity index (χ1) is 11.8. The lowest BCUT2D eigenvalue weighted by Crippen LogP contribution is -2.32. The number of amides is 1. The number of aryl methyl sites for hydroxylation is 1. The van der Waals surface area contributed by atoms with E-state index in [2.05, 4.69) is 19.2 Å². The van der Waals surface area contributed by atoms with Gasteiger partial charge in [-0.15, -0.1) is 11.3 Å². The summed E-state index contributed by atoms with van der Waals surface area (Å²) in [5, 5.41) is 2.95. The van der Waals surface area contributed by atoms with Crippen LogP contribution in [0.2, 0.25) is 0 Å². The molecule has 1 aromatic rings. The van der Waals surface area contributed by atoms with E-state index in [9.17, 15) is 14.4 Å². The maximum atomic E-state index is 12.0. The number of hydrogen-bond acceptors (Lipinski definition) is 4. The third kappa shape index (κ3) is 9.54. The summed E-state index contributed by atoms with van der Waals surface area (Å²) in [7, 11) is 0. The van der Waals surface area contributed by atoms with Gasteiger partial charge in [0, 0.05) is 36.6 Å². The molecule has 5 heteroatoms. The van der Waals surface area contributed by atoms with Crippen molar-refractivity contribution in [3.05, 3.63) is 21.9 Å². The maximum absolute atomic E-state index is 12.0. The lowest BCUT2D eigenvalue weighted by molar-refractivity contribution is -0.125. The minimum absolute atomic E-state index is 0.00896. The summed E-state index contributed by atoms with van der Waals surface area (Å²) in [5.74, 6) is 0.589. The van der Waals surface area contributed by atoms with Crippen molar-refractivity contribution in [3.8, 4) is 0 Å². The van der Waals surface area contributed by atoms with Crippen molar-refractivity contribution in [1.82, 2.24) is 5.32 Å². The first-order valence-corrected chi connectivity index (χ1v) is 10.00. The minimum atomic E-state index is -0.0781. The van der Waals surface area contributed by atoms with Crippen LogP contribution in [0, 0.1) is 12.8 Å². The summed E-state index contributed by atoms with van der Waals surface area (Å²) >= 11 is 1.46. The van der Waals surface area contributed by atoms with Gasteiger partial charge < -0.3 is 5.32 Å². The smallest absolute Gasteiger partial charge is 0.220 e. The quantitative estimate of drug-likeness (QED) is 0.546. The van der Waals surface area contributed by atoms with Crippen molar-refractivity contribution in [1.29, 1.82) is 0 Å². The highest BCUT2D eigenvalue weighted by Gasteiger charge is 2.13. The second-order valence-electron chi connectivity index (χ2n) is 7.17. The van der Waals surface area contributed by atoms with Gasteiger partial charge in [-0.1, -0.05) is 26.7 Å². The Labute approximate surface area is 155 Å². The van der Waals surface area contributed by atoms with Crippen LogP contribution in [0.1, 0.15) is 80.3 Å². The Morgan fingerprint density at radius 3 is 2.28 bits per heavy atom. The maximum Gasteiger partial charge on any atom is 0.220 e. The Kier molecular flexibility index (Phi) is 9.65. The van der Waals surface area contributed by atoms with Gasteiger partial charge in [-0.3, -0.25) is 14.4 Å². The summed E-state index contributed by atoms with van der Waals surface area (Å²) in [5.41, 5.74) is 0. The Morgan fingerprint density at radius 1 is 1.00 bits per heavy atom. The fourth-order valence-electron chi connectivity index (χ4n) is 2.59. The van der Waals surface area contributed by atoms with Crippen LogP contribution in [0.15, 0.2) is 12.1 Å². The van der Waals surface area contributed by atoms with E-state index in [1.165, 1.54) is 11.3 Å². The average Bonchev–Trinajstić information content (AvgIpc) is 2.96. The van der Waals surface area contributed by atoms with Gasteiger partial charge in [0.25, 0.3) is 0 Å². The molecule has 0 radical (unpaired) electrons. The highest BCUT2D eigenvalue weighted by atomic mass is 32.1. The SMILES string of the molecule is Cc1ccc(C(=O)CCC(=O)CCC(=O)NC(C)CCCC(C)C)s1. The fraction of sp³-hybridized carbons (Fsp3) is 0.650. The van der Waals surface area contributed by atoms with Crippen LogP contribution in [0.25, 0.3) is 0 Å². The van der Waals surface area contributed by atoms with Gasteiger partial charge in [-0.2, -0.15) is 0 Å². The van der Waals surface area contributed by atoms with Crippen molar-refractivity contribution in [3.63, 3.8) is 0 Å². The largest absolute Gasteiger partial charge is 0.354 e. The molecule has 0 aliphatic rings. The monoisotopic (exact) mass is 365 g/mol. The van der Waals surface area contributed by atoms with Gasteiger partial charge in [0.15, 0.2) is 5.78 Å². The fourth-order valence-corrected chi connectivity index (χ4v) is 3.42. The molecule has 0 spiro atoms. The van der Waals surface area contributed by atoms with E-state index in [4.69, 9.17) is 0 Å². The number of Topliss-reactive ketones (excluding diaryl/α,β-unsaturated/α-hetero) is 2. The van der Waals surface area contributed by atoms with Gasteiger partial charge in [0.1, 0.15) is 5.78 Å². The number of ketones is 2. The zero-order valence-electron chi connectivity index (χ0n) is 15.9. The molecule has 25 heavy (non-hydrogen) atoms. The molecule has 1 heterocycles. The molecule has 140 valence electrons. The first kappa shape index (κ1) is 21.6. The molecule has 0 saturated carbocycles. The topological polar surface area (TPSA) is 63.2 Å². The average molecular weight is 366 g/mol. The van der Waals surface area contributed by atoms with Gasteiger partial charge in [0.2, 0.25) is 5.91 Å². The first-order valence-electron chi connectivity index (χ1n) is 9.18. The lowest BCUT2D eigenvalue weighted by atomic mass is 10.0. The Balaban J connectivity index is 2.18. The van der Waals surface area contributed by atoms with E-state index in [1.54, 1.807) is 6.07 Å². The summed E-state index contributed by atoms with van der Waals surface area (Å²) in [6.07, 6.45) is 4.09. The highest BCUT2D eigenvalue weighted by Crippen LogP contribution is 2.17. The number of thiophene rings is 1. The molecule has 1 N–H and O–H groups in total. The van der Waals surface area contributed by atoms with Crippen molar-refractivity contribution >= 4 is 28.8 Å². The van der Waals surface area contributed by atoms with Crippen LogP contribution in [0.5, 0.6) is 0 Å². The van der Waals surface area contributed by atoms with Crippen LogP contribution in [-0.2, 0) is 9.59 Å². The van der Waals surface area contributed by atoms with E-state index in [-0.39, 0.29) is 49.2 Å². The zero-order chi connectivity index (χ0) is 18.8. The third-order valence-electron chi connectivity index (χ3n) is 4.10. The van der Waals surface area contributed by atoms with E-state index in [0.717, 1.165) is 24.1 Å². The van der Waals surface area contributed by atoms with Crippen molar-refractivity contribution in [2.75, 3.05) is 0 Å². The van der Waals surface area contributed by atoms with E-state index in [0.29, 0.717) is 10.8 Å². The number of carbonyl (C=O) groups is 3. The zero-order valence-corrected chi connectivity index (χ0v) is 16.7. The minimum Gasteiger partial charge on any atom is -0.354 e. The number of hydrogen-bond donors (Lipinski definition) is 1. The van der Waals surface area contributed by atoms with Gasteiger partial charge in [-0.25, -0.2) is 0 Å². The molecular formula is C20H31NO3S. The predicted octanol–water partition coefficient (Wildman–Crippen LogP) is 4.70. The van der Waals surface area contributed by atoms with E-state index in [1.807, 2.05) is 19.9 Å². The van der Waals surface area contributed by atoms with E-state index < -0.39 is 0 Å². The molecule has 0 aromatic carbocycles. The molecule has 1 aromatic heterocycles. The Bertz CT molecular complexity index is 577. The second kappa shape index (κ2) is 11.2. The molecule has 1 unspecified atom stereocenters. The molecule has 0 aliphatic heterocycles. The molecule has 1 rings (SSSR count). The summed E-state index contributed by atoms with van der Waals surface area (Å²) in [6.45, 7) is 8.34. The standard InChI is InChI=1S/C20H31NO3S/c1-14(2)6-5-7-15(3)21-20(24)13-10-17(22)9-11-18(23)19-12-8-16(4)25-19/h8,12,14-15H,5-7,9-11,13H2,1-4H3,(H,21,24). The van der Waals surface area contributed by atoms with E-state index >= 15 is 0 Å². The molecule has 0 fully saturated rings. The second-order valence-corrected chi connectivity index (χ2v) is 8.45. The third-order valence-corrected chi connectivity index (χ3v) is 5.14. The summed E-state index contributed by atoms with van der Waals surface area (Å²) in [6, 6.07) is 3.86. The summed E-state index contributed by atoms with van der Waals surface area (Å²) in [4.78, 5) is 37.6. The lowest BCUT2D eigenvalue weighted by Gasteiger charge is -2.14. The normalized spacial score (nSPS) is 12.2. The molecule has 0 bridgehead atoms. The Morgan fingerprint density at radius 2 is 1.68 bits per heavy atom. The highest BCUT2D eigenvalue weighted by molar-refractivity contribution is 7.14. The molecule has 0 aliphatic carbocycles. The van der Waals surface area contributed by atoms with Gasteiger partial charge in [-0.05, 0) is 38.3 Å². The Hall–Kier alpha value is -1.49.